The summed E-state index contributed by atoms with van der Waals surface area (Å²) >= 11 is 3.47. The van der Waals surface area contributed by atoms with Crippen LogP contribution in [0.1, 0.15) is 12.0 Å². The van der Waals surface area contributed by atoms with Crippen molar-refractivity contribution in [3.63, 3.8) is 0 Å². The molecule has 128 valence electrons. The predicted molar refractivity (Wildman–Crippen MR) is 98.0 cm³/mol. The van der Waals surface area contributed by atoms with Crippen LogP contribution in [-0.4, -0.2) is 25.7 Å². The van der Waals surface area contributed by atoms with E-state index in [-0.39, 0.29) is 18.4 Å². The number of nitrogens with one attached hydrogen (secondary N) is 1. The molecule has 1 unspecified atom stereocenters. The molecule has 0 heterocycles. The summed E-state index contributed by atoms with van der Waals surface area (Å²) in [5.41, 5.74) is 7.30. The van der Waals surface area contributed by atoms with Crippen LogP contribution in [0.3, 0.4) is 0 Å². The van der Waals surface area contributed by atoms with Crippen molar-refractivity contribution in [2.24, 2.45) is 5.73 Å². The second-order valence-corrected chi connectivity index (χ2v) is 6.12. The van der Waals surface area contributed by atoms with Crippen molar-refractivity contribution >= 4 is 27.5 Å². The van der Waals surface area contributed by atoms with E-state index in [0.29, 0.717) is 24.6 Å². The smallest absolute Gasteiger partial charge is 0.227 e. The molecule has 0 saturated heterocycles. The van der Waals surface area contributed by atoms with Crippen molar-refractivity contribution < 1.29 is 14.3 Å². The molecule has 0 aliphatic rings. The molecular formula is C18H21BrN2O3. The van der Waals surface area contributed by atoms with Gasteiger partial charge in [-0.25, -0.2) is 0 Å². The van der Waals surface area contributed by atoms with E-state index >= 15 is 0 Å². The Morgan fingerprint density at radius 2 is 2.00 bits per heavy atom. The van der Waals surface area contributed by atoms with Gasteiger partial charge in [-0.1, -0.05) is 30.3 Å². The van der Waals surface area contributed by atoms with Crippen LogP contribution in [0.4, 0.5) is 5.69 Å². The lowest BCUT2D eigenvalue weighted by atomic mass is 10.2. The van der Waals surface area contributed by atoms with E-state index in [0.717, 1.165) is 10.0 Å². The van der Waals surface area contributed by atoms with Gasteiger partial charge in [0.1, 0.15) is 12.4 Å². The highest BCUT2D eigenvalue weighted by Gasteiger charge is 2.12. The second-order valence-electron chi connectivity index (χ2n) is 5.27. The van der Waals surface area contributed by atoms with Gasteiger partial charge in [-0.3, -0.25) is 4.79 Å². The molecule has 0 radical (unpaired) electrons. The highest BCUT2D eigenvalue weighted by atomic mass is 79.9. The summed E-state index contributed by atoms with van der Waals surface area (Å²) < 4.78 is 11.7. The quantitative estimate of drug-likeness (QED) is 0.722. The van der Waals surface area contributed by atoms with Crippen molar-refractivity contribution in [2.75, 3.05) is 19.0 Å². The van der Waals surface area contributed by atoms with E-state index in [1.807, 2.05) is 42.5 Å². The minimum absolute atomic E-state index is 0.142. The van der Waals surface area contributed by atoms with E-state index in [2.05, 4.69) is 21.2 Å². The lowest BCUT2D eigenvalue weighted by Crippen LogP contribution is -2.28. The summed E-state index contributed by atoms with van der Waals surface area (Å²) in [6, 6.07) is 15.4. The van der Waals surface area contributed by atoms with Crippen LogP contribution < -0.4 is 15.8 Å². The Hall–Kier alpha value is -1.89. The Balaban J connectivity index is 1.93. The molecule has 5 nitrogen and oxygen atoms in total. The molecule has 3 N–H and O–H groups in total. The summed E-state index contributed by atoms with van der Waals surface area (Å²) in [7, 11) is 1.54. The highest BCUT2D eigenvalue weighted by Crippen LogP contribution is 2.29. The Morgan fingerprint density at radius 3 is 2.62 bits per heavy atom. The first-order valence-electron chi connectivity index (χ1n) is 7.61. The fourth-order valence-corrected chi connectivity index (χ4v) is 2.61. The molecule has 0 fully saturated rings. The van der Waals surface area contributed by atoms with Gasteiger partial charge >= 0.3 is 0 Å². The number of carbonyl (C=O) groups excluding carboxylic acids is 1. The number of carbonyl (C=O) groups is 1. The van der Waals surface area contributed by atoms with E-state index in [1.165, 1.54) is 0 Å². The largest absolute Gasteiger partial charge is 0.488 e. The van der Waals surface area contributed by atoms with Crippen LogP contribution in [0.2, 0.25) is 0 Å². The van der Waals surface area contributed by atoms with Gasteiger partial charge in [-0.05, 0) is 39.7 Å². The highest BCUT2D eigenvalue weighted by molar-refractivity contribution is 9.10. The molecule has 0 aliphatic heterocycles. The number of anilines is 1. The standard InChI is InChI=1S/C18H21BrN2O3/c1-23-15(11-20)10-18(22)21-14-7-8-17(16(19)9-14)24-12-13-5-3-2-4-6-13/h2-9,15H,10-12,20H2,1H3,(H,21,22). The maximum atomic E-state index is 12.0. The van der Waals surface area contributed by atoms with Gasteiger partial charge in [-0.2, -0.15) is 0 Å². The molecule has 1 atom stereocenters. The Labute approximate surface area is 150 Å². The average molecular weight is 393 g/mol. The number of hydrogen-bond donors (Lipinski definition) is 2. The third kappa shape index (κ3) is 5.63. The number of benzene rings is 2. The summed E-state index contributed by atoms with van der Waals surface area (Å²) in [6.07, 6.45) is -0.0569. The molecule has 2 rings (SSSR count). The summed E-state index contributed by atoms with van der Waals surface area (Å²) in [5.74, 6) is 0.575. The third-order valence-corrected chi connectivity index (χ3v) is 4.08. The molecule has 2 aromatic rings. The zero-order valence-corrected chi connectivity index (χ0v) is 15.1. The van der Waals surface area contributed by atoms with Crippen LogP contribution in [-0.2, 0) is 16.1 Å². The van der Waals surface area contributed by atoms with Crippen molar-refractivity contribution in [2.45, 2.75) is 19.1 Å². The average Bonchev–Trinajstić information content (AvgIpc) is 2.60. The van der Waals surface area contributed by atoms with Crippen molar-refractivity contribution in [1.29, 1.82) is 0 Å². The van der Waals surface area contributed by atoms with Crippen molar-refractivity contribution in [1.82, 2.24) is 0 Å². The predicted octanol–water partition coefficient (Wildman–Crippen LogP) is 3.33. The lowest BCUT2D eigenvalue weighted by Gasteiger charge is -2.13. The molecular weight excluding hydrogens is 372 g/mol. The molecule has 0 spiro atoms. The molecule has 0 bridgehead atoms. The summed E-state index contributed by atoms with van der Waals surface area (Å²) in [6.45, 7) is 0.789. The van der Waals surface area contributed by atoms with Gasteiger partial charge in [0.05, 0.1) is 17.0 Å². The van der Waals surface area contributed by atoms with Crippen LogP contribution >= 0.6 is 15.9 Å². The molecule has 6 heteroatoms. The van der Waals surface area contributed by atoms with Gasteiger partial charge in [-0.15, -0.1) is 0 Å². The van der Waals surface area contributed by atoms with E-state index < -0.39 is 0 Å². The molecule has 1 amide bonds. The molecule has 0 aromatic heterocycles. The van der Waals surface area contributed by atoms with E-state index in [4.69, 9.17) is 15.2 Å². The normalized spacial score (nSPS) is 11.8. The number of amides is 1. The van der Waals surface area contributed by atoms with E-state index in [9.17, 15) is 4.79 Å². The zero-order valence-electron chi connectivity index (χ0n) is 13.5. The molecule has 2 aromatic carbocycles. The molecule has 0 saturated carbocycles. The van der Waals surface area contributed by atoms with Gasteiger partial charge in [0.2, 0.25) is 5.91 Å². The monoisotopic (exact) mass is 392 g/mol. The van der Waals surface area contributed by atoms with Gasteiger partial charge in [0, 0.05) is 19.3 Å². The van der Waals surface area contributed by atoms with Crippen LogP contribution in [0, 0.1) is 0 Å². The maximum absolute atomic E-state index is 12.0. The topological polar surface area (TPSA) is 73.6 Å². The first-order chi connectivity index (χ1) is 11.6. The number of rotatable bonds is 8. The van der Waals surface area contributed by atoms with Crippen LogP contribution in [0.25, 0.3) is 0 Å². The Bertz CT molecular complexity index is 661. The Kier molecular flexibility index (Phi) is 7.24. The number of nitrogens with two attached hydrogens (primary N) is 1. The minimum Gasteiger partial charge on any atom is -0.488 e. The Morgan fingerprint density at radius 1 is 1.25 bits per heavy atom. The lowest BCUT2D eigenvalue weighted by molar-refractivity contribution is -0.118. The van der Waals surface area contributed by atoms with Gasteiger partial charge in [0.15, 0.2) is 0 Å². The SMILES string of the molecule is COC(CN)CC(=O)Nc1ccc(OCc2ccccc2)c(Br)c1. The minimum atomic E-state index is -0.276. The number of halogens is 1. The molecule has 0 aliphatic carbocycles. The number of hydrogen-bond acceptors (Lipinski definition) is 4. The van der Waals surface area contributed by atoms with Crippen LogP contribution in [0.15, 0.2) is 53.0 Å². The summed E-state index contributed by atoms with van der Waals surface area (Å²) in [5, 5.41) is 2.82. The van der Waals surface area contributed by atoms with Crippen LogP contribution in [0.5, 0.6) is 5.75 Å². The second kappa shape index (κ2) is 9.42. The maximum Gasteiger partial charge on any atom is 0.227 e. The zero-order chi connectivity index (χ0) is 17.4. The van der Waals surface area contributed by atoms with Crippen molar-refractivity contribution in [3.05, 3.63) is 58.6 Å². The third-order valence-electron chi connectivity index (χ3n) is 3.46. The summed E-state index contributed by atoms with van der Waals surface area (Å²) in [4.78, 5) is 12.0. The molecule has 24 heavy (non-hydrogen) atoms. The van der Waals surface area contributed by atoms with Gasteiger partial charge < -0.3 is 20.5 Å². The van der Waals surface area contributed by atoms with E-state index in [1.54, 1.807) is 13.2 Å². The first-order valence-corrected chi connectivity index (χ1v) is 8.40. The first kappa shape index (κ1) is 18.4. The van der Waals surface area contributed by atoms with Gasteiger partial charge in [0.25, 0.3) is 0 Å². The number of methoxy groups -OCH3 is 1. The fraction of sp³-hybridized carbons (Fsp3) is 0.278. The number of ether oxygens (including phenoxy) is 2. The van der Waals surface area contributed by atoms with Crippen molar-refractivity contribution in [3.8, 4) is 5.75 Å². The fourth-order valence-electron chi connectivity index (χ4n) is 2.11.